The summed E-state index contributed by atoms with van der Waals surface area (Å²) in [6.45, 7) is 6.73. The van der Waals surface area contributed by atoms with Crippen LogP contribution in [-0.4, -0.2) is 45.8 Å². The number of fused-ring (bicyclic) bond motifs is 1. The molecule has 1 aliphatic rings. The van der Waals surface area contributed by atoms with Crippen LogP contribution in [0.15, 0.2) is 24.3 Å². The molecule has 7 nitrogen and oxygen atoms in total. The molecule has 2 amide bonds. The van der Waals surface area contributed by atoms with E-state index in [4.69, 9.17) is 4.74 Å². The monoisotopic (exact) mass is 468 g/mol. The van der Waals surface area contributed by atoms with E-state index in [1.54, 1.807) is 27.8 Å². The predicted octanol–water partition coefficient (Wildman–Crippen LogP) is 3.67. The zero-order valence-corrected chi connectivity index (χ0v) is 17.1. The van der Waals surface area contributed by atoms with Crippen LogP contribution in [0, 0.1) is 0 Å². The predicted molar refractivity (Wildman–Crippen MR) is 108 cm³/mol. The molecule has 8 heteroatoms. The SMILES string of the molecule is CC(C)(C)OC(=O)N1CCC=C(c2ccc3c(C(=O)NI)n[nH]c3c2)C1. The second-order valence-corrected chi connectivity index (χ2v) is 7.72. The van der Waals surface area contributed by atoms with Gasteiger partial charge in [0.05, 0.1) is 28.4 Å². The van der Waals surface area contributed by atoms with Crippen LogP contribution in [0.4, 0.5) is 4.79 Å². The van der Waals surface area contributed by atoms with Crippen LogP contribution >= 0.6 is 22.9 Å². The van der Waals surface area contributed by atoms with Crippen molar-refractivity contribution in [3.63, 3.8) is 0 Å². The molecule has 0 saturated heterocycles. The molecule has 3 rings (SSSR count). The fourth-order valence-corrected chi connectivity index (χ4v) is 3.13. The highest BCUT2D eigenvalue weighted by Gasteiger charge is 2.25. The van der Waals surface area contributed by atoms with Gasteiger partial charge in [-0.1, -0.05) is 12.1 Å². The fraction of sp³-hybridized carbons (Fsp3) is 0.389. The Hall–Kier alpha value is -2.10. The second kappa shape index (κ2) is 7.26. The molecule has 0 atom stereocenters. The van der Waals surface area contributed by atoms with Gasteiger partial charge in [-0.2, -0.15) is 5.10 Å². The topological polar surface area (TPSA) is 87.3 Å². The molecule has 0 saturated carbocycles. The van der Waals surface area contributed by atoms with Gasteiger partial charge in [0.25, 0.3) is 5.91 Å². The lowest BCUT2D eigenvalue weighted by Gasteiger charge is -2.30. The summed E-state index contributed by atoms with van der Waals surface area (Å²) < 4.78 is 8.03. The van der Waals surface area contributed by atoms with E-state index in [2.05, 4.69) is 19.8 Å². The maximum Gasteiger partial charge on any atom is 0.410 e. The summed E-state index contributed by atoms with van der Waals surface area (Å²) in [7, 11) is 0. The van der Waals surface area contributed by atoms with Crippen molar-refractivity contribution in [3.05, 3.63) is 35.5 Å². The Morgan fingerprint density at radius 2 is 2.12 bits per heavy atom. The molecule has 26 heavy (non-hydrogen) atoms. The first-order valence-electron chi connectivity index (χ1n) is 8.35. The number of hydrogen-bond donors (Lipinski definition) is 2. The lowest BCUT2D eigenvalue weighted by Crippen LogP contribution is -2.39. The first-order chi connectivity index (χ1) is 12.3. The number of benzene rings is 1. The van der Waals surface area contributed by atoms with E-state index in [-0.39, 0.29) is 12.0 Å². The van der Waals surface area contributed by atoms with Crippen LogP contribution in [0.25, 0.3) is 16.5 Å². The maximum absolute atomic E-state index is 12.3. The summed E-state index contributed by atoms with van der Waals surface area (Å²) in [5.41, 5.74) is 2.69. The van der Waals surface area contributed by atoms with Crippen molar-refractivity contribution in [2.75, 3.05) is 13.1 Å². The molecular formula is C18H21IN4O3. The molecule has 1 aliphatic heterocycles. The van der Waals surface area contributed by atoms with Gasteiger partial charge in [0, 0.05) is 18.5 Å². The summed E-state index contributed by atoms with van der Waals surface area (Å²) in [6, 6.07) is 5.78. The summed E-state index contributed by atoms with van der Waals surface area (Å²) in [6.07, 6.45) is 2.61. The van der Waals surface area contributed by atoms with Crippen molar-refractivity contribution in [1.29, 1.82) is 0 Å². The number of halogens is 1. The Balaban J connectivity index is 1.81. The quantitative estimate of drug-likeness (QED) is 0.520. The molecule has 0 fully saturated rings. The van der Waals surface area contributed by atoms with Crippen molar-refractivity contribution in [3.8, 4) is 0 Å². The Labute approximate surface area is 165 Å². The minimum atomic E-state index is -0.511. The van der Waals surface area contributed by atoms with Gasteiger partial charge in [-0.15, -0.1) is 0 Å². The Morgan fingerprint density at radius 3 is 2.81 bits per heavy atom. The summed E-state index contributed by atoms with van der Waals surface area (Å²) in [5.74, 6) is -0.238. The van der Waals surface area contributed by atoms with Crippen LogP contribution in [0.1, 0.15) is 43.2 Å². The molecule has 0 aliphatic carbocycles. The Kier molecular flexibility index (Phi) is 5.22. The molecule has 138 valence electrons. The van der Waals surface area contributed by atoms with E-state index >= 15 is 0 Å². The Bertz CT molecular complexity index is 882. The fourth-order valence-electron chi connectivity index (χ4n) is 2.87. The van der Waals surface area contributed by atoms with Gasteiger partial charge < -0.3 is 9.64 Å². The number of carbonyl (C=O) groups excluding carboxylic acids is 2. The number of nitrogens with one attached hydrogen (secondary N) is 2. The smallest absolute Gasteiger partial charge is 0.410 e. The van der Waals surface area contributed by atoms with E-state index in [1.807, 2.05) is 39.0 Å². The van der Waals surface area contributed by atoms with E-state index in [0.29, 0.717) is 18.8 Å². The number of hydrogen-bond acceptors (Lipinski definition) is 4. The van der Waals surface area contributed by atoms with Crippen LogP contribution in [0.2, 0.25) is 0 Å². The Morgan fingerprint density at radius 1 is 1.35 bits per heavy atom. The zero-order valence-electron chi connectivity index (χ0n) is 14.9. The lowest BCUT2D eigenvalue weighted by molar-refractivity contribution is 0.0273. The molecule has 1 aromatic carbocycles. The minimum Gasteiger partial charge on any atom is -0.444 e. The summed E-state index contributed by atoms with van der Waals surface area (Å²) in [4.78, 5) is 25.9. The standard InChI is InChI=1S/C18H21IN4O3/c1-18(2,3)26-17(25)23-8-4-5-12(10-23)11-6-7-13-14(9-11)21-22-15(13)16(24)20-19/h5-7,9H,4,8,10H2,1-3H3,(H,20,24)(H,21,22). The lowest BCUT2D eigenvalue weighted by atomic mass is 10.00. The number of amides is 2. The molecule has 2 heterocycles. The molecule has 2 N–H and O–H groups in total. The van der Waals surface area contributed by atoms with Crippen LogP contribution in [0.3, 0.4) is 0 Å². The van der Waals surface area contributed by atoms with Crippen molar-refractivity contribution in [2.45, 2.75) is 32.8 Å². The summed E-state index contributed by atoms with van der Waals surface area (Å²) >= 11 is 1.79. The molecule has 0 radical (unpaired) electrons. The number of aromatic amines is 1. The van der Waals surface area contributed by atoms with E-state index in [9.17, 15) is 9.59 Å². The maximum atomic E-state index is 12.3. The first kappa shape index (κ1) is 18.7. The van der Waals surface area contributed by atoms with Gasteiger partial charge in [0.15, 0.2) is 5.69 Å². The van der Waals surface area contributed by atoms with Crippen molar-refractivity contribution < 1.29 is 14.3 Å². The van der Waals surface area contributed by atoms with Gasteiger partial charge in [0.2, 0.25) is 0 Å². The average molecular weight is 468 g/mol. The van der Waals surface area contributed by atoms with Gasteiger partial charge in [0.1, 0.15) is 5.60 Å². The number of nitrogens with zero attached hydrogens (tertiary/aromatic N) is 2. The minimum absolute atomic E-state index is 0.238. The third kappa shape index (κ3) is 4.00. The highest BCUT2D eigenvalue weighted by molar-refractivity contribution is 14.1. The van der Waals surface area contributed by atoms with Gasteiger partial charge in [-0.05, 0) is 50.5 Å². The molecule has 0 bridgehead atoms. The number of carbonyl (C=O) groups is 2. The molecule has 0 spiro atoms. The zero-order chi connectivity index (χ0) is 18.9. The number of aromatic nitrogens is 2. The van der Waals surface area contributed by atoms with Crippen LogP contribution in [-0.2, 0) is 4.74 Å². The normalized spacial score (nSPS) is 14.9. The number of rotatable bonds is 2. The van der Waals surface area contributed by atoms with Gasteiger partial charge >= 0.3 is 6.09 Å². The summed E-state index contributed by atoms with van der Waals surface area (Å²) in [5, 5.41) is 7.76. The average Bonchev–Trinajstić information content (AvgIpc) is 3.03. The van der Waals surface area contributed by atoms with Crippen molar-refractivity contribution in [1.82, 2.24) is 18.6 Å². The number of ether oxygens (including phenoxy) is 1. The van der Waals surface area contributed by atoms with Crippen molar-refractivity contribution in [2.24, 2.45) is 0 Å². The third-order valence-electron chi connectivity index (χ3n) is 4.04. The van der Waals surface area contributed by atoms with Gasteiger partial charge in [-0.3, -0.25) is 13.4 Å². The highest BCUT2D eigenvalue weighted by Crippen LogP contribution is 2.26. The highest BCUT2D eigenvalue weighted by atomic mass is 127. The molecule has 1 aromatic heterocycles. The van der Waals surface area contributed by atoms with E-state index in [1.165, 1.54) is 0 Å². The van der Waals surface area contributed by atoms with Crippen LogP contribution in [0.5, 0.6) is 0 Å². The molecular weight excluding hydrogens is 447 g/mol. The molecule has 2 aromatic rings. The second-order valence-electron chi connectivity index (χ2n) is 7.18. The van der Waals surface area contributed by atoms with E-state index < -0.39 is 5.60 Å². The van der Waals surface area contributed by atoms with Crippen LogP contribution < -0.4 is 3.53 Å². The van der Waals surface area contributed by atoms with Gasteiger partial charge in [-0.25, -0.2) is 4.79 Å². The molecule has 0 unspecified atom stereocenters. The number of H-pyrrole nitrogens is 1. The van der Waals surface area contributed by atoms with E-state index in [0.717, 1.165) is 28.5 Å². The van der Waals surface area contributed by atoms with Crippen molar-refractivity contribution >= 4 is 51.3 Å². The largest absolute Gasteiger partial charge is 0.444 e. The first-order valence-corrected chi connectivity index (χ1v) is 9.43. The third-order valence-corrected chi connectivity index (χ3v) is 4.53.